The molecule has 7 heteroatoms. The lowest BCUT2D eigenvalue weighted by molar-refractivity contribution is -0.124. The van der Waals surface area contributed by atoms with E-state index in [1.54, 1.807) is 6.20 Å². The van der Waals surface area contributed by atoms with Crippen molar-refractivity contribution in [3.63, 3.8) is 0 Å². The van der Waals surface area contributed by atoms with Crippen LogP contribution in [0.15, 0.2) is 30.7 Å². The van der Waals surface area contributed by atoms with Crippen molar-refractivity contribution in [3.8, 4) is 11.3 Å². The molecule has 0 unspecified atom stereocenters. The van der Waals surface area contributed by atoms with Crippen molar-refractivity contribution in [1.29, 1.82) is 0 Å². The number of carbonyl (C=O) groups excluding carboxylic acids is 1. The second-order valence-corrected chi connectivity index (χ2v) is 6.23. The third kappa shape index (κ3) is 2.98. The Morgan fingerprint density at radius 3 is 2.84 bits per heavy atom. The van der Waals surface area contributed by atoms with Gasteiger partial charge in [0.05, 0.1) is 23.6 Å². The van der Waals surface area contributed by atoms with Crippen molar-refractivity contribution in [3.05, 3.63) is 36.5 Å². The Hall–Kier alpha value is -2.80. The second kappa shape index (κ2) is 6.25. The molecule has 7 nitrogen and oxygen atoms in total. The van der Waals surface area contributed by atoms with E-state index in [0.29, 0.717) is 12.4 Å². The molecule has 0 bridgehead atoms. The minimum atomic E-state index is -0.376. The lowest BCUT2D eigenvalue weighted by Crippen LogP contribution is -2.27. The largest absolute Gasteiger partial charge is 0.368 e. The first kappa shape index (κ1) is 15.7. The monoisotopic (exact) mass is 337 g/mol. The number of aryl methyl sites for hydroxylation is 1. The Labute approximate surface area is 145 Å². The van der Waals surface area contributed by atoms with Crippen LogP contribution in [-0.2, 0) is 16.6 Å². The van der Waals surface area contributed by atoms with Gasteiger partial charge in [0.15, 0.2) is 0 Å². The maximum Gasteiger partial charge on any atom is 0.254 e. The molecule has 4 heterocycles. The number of anilines is 1. The van der Waals surface area contributed by atoms with E-state index in [1.165, 1.54) is 0 Å². The number of amides is 1. The molecule has 0 saturated carbocycles. The first-order chi connectivity index (χ1) is 12.1. The molecule has 3 aromatic rings. The summed E-state index contributed by atoms with van der Waals surface area (Å²) in [6, 6.07) is 3.87. The van der Waals surface area contributed by atoms with E-state index in [4.69, 9.17) is 4.74 Å². The Bertz CT molecular complexity index is 944. The molecule has 1 amide bonds. The number of carbonyl (C=O) groups is 1. The molecule has 1 N–H and O–H groups in total. The fourth-order valence-corrected chi connectivity index (χ4v) is 3.00. The van der Waals surface area contributed by atoms with Crippen molar-refractivity contribution in [2.45, 2.75) is 25.9 Å². The lowest BCUT2D eigenvalue weighted by atomic mass is 10.1. The van der Waals surface area contributed by atoms with Gasteiger partial charge in [-0.1, -0.05) is 0 Å². The van der Waals surface area contributed by atoms with Gasteiger partial charge >= 0.3 is 0 Å². The molecule has 1 fully saturated rings. The SMILES string of the molecule is Cc1ncc(-c2cnc3cnc(NC(=O)[C@@H]4CCCO4)cc3c2)n1C. The van der Waals surface area contributed by atoms with Crippen LogP contribution in [-0.4, -0.2) is 38.1 Å². The number of pyridine rings is 2. The van der Waals surface area contributed by atoms with Crippen LogP contribution in [0.5, 0.6) is 0 Å². The van der Waals surface area contributed by atoms with E-state index in [1.807, 2.05) is 43.1 Å². The van der Waals surface area contributed by atoms with Crippen molar-refractivity contribution in [1.82, 2.24) is 19.5 Å². The third-order valence-electron chi connectivity index (χ3n) is 4.56. The summed E-state index contributed by atoms with van der Waals surface area (Å²) in [4.78, 5) is 25.2. The van der Waals surface area contributed by atoms with E-state index < -0.39 is 0 Å². The molecule has 0 radical (unpaired) electrons. The van der Waals surface area contributed by atoms with Gasteiger partial charge in [0.1, 0.15) is 17.7 Å². The molecular formula is C18H19N5O2. The minimum absolute atomic E-state index is 0.143. The number of imidazole rings is 1. The van der Waals surface area contributed by atoms with Crippen LogP contribution in [0.4, 0.5) is 5.82 Å². The lowest BCUT2D eigenvalue weighted by Gasteiger charge is -2.10. The number of aromatic nitrogens is 4. The van der Waals surface area contributed by atoms with Gasteiger partial charge in [0.25, 0.3) is 5.91 Å². The van der Waals surface area contributed by atoms with Gasteiger partial charge in [-0.15, -0.1) is 0 Å². The first-order valence-corrected chi connectivity index (χ1v) is 8.29. The third-order valence-corrected chi connectivity index (χ3v) is 4.56. The quantitative estimate of drug-likeness (QED) is 0.794. The predicted octanol–water partition coefficient (Wildman–Crippen LogP) is 2.46. The maximum absolute atomic E-state index is 12.2. The van der Waals surface area contributed by atoms with E-state index in [9.17, 15) is 4.79 Å². The van der Waals surface area contributed by atoms with E-state index in [2.05, 4.69) is 20.3 Å². The van der Waals surface area contributed by atoms with Crippen LogP contribution in [0.1, 0.15) is 18.7 Å². The molecule has 3 aromatic heterocycles. The fourth-order valence-electron chi connectivity index (χ4n) is 3.00. The maximum atomic E-state index is 12.2. The van der Waals surface area contributed by atoms with Crippen LogP contribution in [0.3, 0.4) is 0 Å². The van der Waals surface area contributed by atoms with E-state index in [-0.39, 0.29) is 12.0 Å². The summed E-state index contributed by atoms with van der Waals surface area (Å²) in [6.07, 6.45) is 6.61. The molecule has 1 aliphatic rings. The average Bonchev–Trinajstić information content (AvgIpc) is 3.26. The Morgan fingerprint density at radius 1 is 1.24 bits per heavy atom. The molecular weight excluding hydrogens is 318 g/mol. The summed E-state index contributed by atoms with van der Waals surface area (Å²) in [6.45, 7) is 2.60. The summed E-state index contributed by atoms with van der Waals surface area (Å²) >= 11 is 0. The highest BCUT2D eigenvalue weighted by Crippen LogP contribution is 2.24. The van der Waals surface area contributed by atoms with Crippen molar-refractivity contribution >= 4 is 22.6 Å². The van der Waals surface area contributed by atoms with E-state index >= 15 is 0 Å². The number of hydrogen-bond acceptors (Lipinski definition) is 5. The molecule has 0 spiro atoms. The smallest absolute Gasteiger partial charge is 0.254 e. The van der Waals surface area contributed by atoms with Crippen molar-refractivity contribution in [2.75, 3.05) is 11.9 Å². The number of nitrogens with one attached hydrogen (secondary N) is 1. The zero-order valence-corrected chi connectivity index (χ0v) is 14.2. The summed E-state index contributed by atoms with van der Waals surface area (Å²) in [5.74, 6) is 1.30. The predicted molar refractivity (Wildman–Crippen MR) is 94.1 cm³/mol. The van der Waals surface area contributed by atoms with Crippen LogP contribution in [0.2, 0.25) is 0 Å². The highest BCUT2D eigenvalue weighted by Gasteiger charge is 2.23. The molecule has 1 atom stereocenters. The van der Waals surface area contributed by atoms with Crippen molar-refractivity contribution in [2.24, 2.45) is 7.05 Å². The van der Waals surface area contributed by atoms with Crippen molar-refractivity contribution < 1.29 is 9.53 Å². The standard InChI is InChI=1S/C18H19N5O2/c1-11-19-10-15(23(11)2)13-6-12-7-17(21-9-14(12)20-8-13)22-18(24)16-4-3-5-25-16/h6-10,16H,3-5H2,1-2H3,(H,21,22,24)/t16-/m0/s1. The topological polar surface area (TPSA) is 81.9 Å². The molecule has 128 valence electrons. The van der Waals surface area contributed by atoms with E-state index in [0.717, 1.165) is 40.8 Å². The first-order valence-electron chi connectivity index (χ1n) is 8.29. The van der Waals surface area contributed by atoms with Crippen LogP contribution >= 0.6 is 0 Å². The van der Waals surface area contributed by atoms with Crippen LogP contribution in [0, 0.1) is 6.92 Å². The highest BCUT2D eigenvalue weighted by molar-refractivity contribution is 5.95. The molecule has 0 aromatic carbocycles. The summed E-state index contributed by atoms with van der Waals surface area (Å²) in [5.41, 5.74) is 2.74. The van der Waals surface area contributed by atoms with Gasteiger partial charge in [-0.05, 0) is 31.9 Å². The number of nitrogens with zero attached hydrogens (tertiary/aromatic N) is 4. The Balaban J connectivity index is 1.64. The van der Waals surface area contributed by atoms with Gasteiger partial charge in [-0.25, -0.2) is 9.97 Å². The van der Waals surface area contributed by atoms with Gasteiger partial charge in [0.2, 0.25) is 0 Å². The van der Waals surface area contributed by atoms with Gasteiger partial charge in [0, 0.05) is 30.8 Å². The van der Waals surface area contributed by atoms with Gasteiger partial charge in [-0.3, -0.25) is 9.78 Å². The Kier molecular flexibility index (Phi) is 3.93. The van der Waals surface area contributed by atoms with Crippen LogP contribution < -0.4 is 5.32 Å². The fraction of sp³-hybridized carbons (Fsp3) is 0.333. The molecule has 1 saturated heterocycles. The summed E-state index contributed by atoms with van der Waals surface area (Å²) < 4.78 is 7.42. The van der Waals surface area contributed by atoms with Crippen LogP contribution in [0.25, 0.3) is 22.2 Å². The number of hydrogen-bond donors (Lipinski definition) is 1. The van der Waals surface area contributed by atoms with Gasteiger partial charge < -0.3 is 14.6 Å². The normalized spacial score (nSPS) is 17.1. The molecule has 25 heavy (non-hydrogen) atoms. The second-order valence-electron chi connectivity index (χ2n) is 6.23. The zero-order valence-electron chi connectivity index (χ0n) is 14.2. The molecule has 0 aliphatic carbocycles. The summed E-state index contributed by atoms with van der Waals surface area (Å²) in [7, 11) is 1.97. The van der Waals surface area contributed by atoms with Gasteiger partial charge in [-0.2, -0.15) is 0 Å². The zero-order chi connectivity index (χ0) is 17.4. The highest BCUT2D eigenvalue weighted by atomic mass is 16.5. The minimum Gasteiger partial charge on any atom is -0.368 e. The summed E-state index contributed by atoms with van der Waals surface area (Å²) in [5, 5.41) is 3.74. The molecule has 1 aliphatic heterocycles. The number of ether oxygens (including phenoxy) is 1. The average molecular weight is 337 g/mol. The molecule has 4 rings (SSSR count). The number of fused-ring (bicyclic) bond motifs is 1. The number of rotatable bonds is 3. The Morgan fingerprint density at radius 2 is 2.12 bits per heavy atom.